The molecule has 0 spiro atoms. The number of hydrazone groups is 1. The Morgan fingerprint density at radius 2 is 2.00 bits per heavy atom. The lowest BCUT2D eigenvalue weighted by Crippen LogP contribution is -2.19. The van der Waals surface area contributed by atoms with Crippen molar-refractivity contribution in [3.8, 4) is 28.6 Å². The maximum atomic E-state index is 12.9. The van der Waals surface area contributed by atoms with Crippen LogP contribution < -0.4 is 20.6 Å². The van der Waals surface area contributed by atoms with E-state index < -0.39 is 5.91 Å². The summed E-state index contributed by atoms with van der Waals surface area (Å²) < 4.78 is 16.8. The monoisotopic (exact) mass is 464 g/mol. The molecule has 1 amide bonds. The van der Waals surface area contributed by atoms with Crippen LogP contribution in [-0.4, -0.2) is 50.5 Å². The Labute approximate surface area is 190 Å². The van der Waals surface area contributed by atoms with Gasteiger partial charge in [-0.2, -0.15) is 9.78 Å². The highest BCUT2D eigenvalue weighted by Gasteiger charge is 2.26. The van der Waals surface area contributed by atoms with E-state index in [1.54, 1.807) is 30.0 Å². The Balaban J connectivity index is 1.48. The Hall–Kier alpha value is -4.39. The van der Waals surface area contributed by atoms with Gasteiger partial charge >= 0.3 is 0 Å². The number of aromatic nitrogens is 5. The van der Waals surface area contributed by atoms with Crippen LogP contribution in [-0.2, 0) is 0 Å². The summed E-state index contributed by atoms with van der Waals surface area (Å²) in [7, 11) is 0. The van der Waals surface area contributed by atoms with Crippen molar-refractivity contribution in [2.75, 3.05) is 18.8 Å². The van der Waals surface area contributed by atoms with Crippen molar-refractivity contribution < 1.29 is 18.9 Å². The molecule has 0 fully saturated rings. The van der Waals surface area contributed by atoms with Gasteiger partial charge in [-0.15, -0.1) is 16.9 Å². The van der Waals surface area contributed by atoms with E-state index in [4.69, 9.17) is 15.2 Å². The van der Waals surface area contributed by atoms with Gasteiger partial charge in [0.25, 0.3) is 5.91 Å². The van der Waals surface area contributed by atoms with Gasteiger partial charge in [0.05, 0.1) is 6.21 Å². The van der Waals surface area contributed by atoms with E-state index in [2.05, 4.69) is 35.8 Å². The molecule has 0 unspecified atom stereocenters. The molecule has 1 aliphatic heterocycles. The Morgan fingerprint density at radius 1 is 1.18 bits per heavy atom. The predicted octanol–water partition coefficient (Wildman–Crippen LogP) is 2.11. The summed E-state index contributed by atoms with van der Waals surface area (Å²) in [5, 5.41) is 19.4. The highest BCUT2D eigenvalue weighted by atomic mass is 32.2. The number of anilines is 1. The normalized spacial score (nSPS) is 12.4. The van der Waals surface area contributed by atoms with Gasteiger partial charge in [0, 0.05) is 10.5 Å². The Bertz CT molecular complexity index is 1350. The van der Waals surface area contributed by atoms with Gasteiger partial charge in [-0.05, 0) is 52.5 Å². The SMILES string of the molecule is CSc1ccc(/C=N/NC(=O)c2nnn(-c3nonc3N)c2-c2ccc3c(c2)OCO3)cc1. The summed E-state index contributed by atoms with van der Waals surface area (Å²) in [6.07, 6.45) is 3.53. The maximum Gasteiger partial charge on any atom is 0.294 e. The smallest absolute Gasteiger partial charge is 0.294 e. The molecule has 166 valence electrons. The molecule has 12 nitrogen and oxygen atoms in total. The number of nitrogens with zero attached hydrogens (tertiary/aromatic N) is 6. The van der Waals surface area contributed by atoms with Crippen LogP contribution in [0.25, 0.3) is 17.1 Å². The van der Waals surface area contributed by atoms with E-state index in [0.717, 1.165) is 10.5 Å². The summed E-state index contributed by atoms with van der Waals surface area (Å²) in [6.45, 7) is 0.108. The number of carbonyl (C=O) groups is 1. The van der Waals surface area contributed by atoms with Crippen LogP contribution in [0.5, 0.6) is 11.5 Å². The maximum absolute atomic E-state index is 12.9. The molecule has 4 aromatic rings. The first-order valence-electron chi connectivity index (χ1n) is 9.55. The lowest BCUT2D eigenvalue weighted by Gasteiger charge is -2.07. The minimum Gasteiger partial charge on any atom is -0.454 e. The molecule has 0 radical (unpaired) electrons. The number of nitrogens with two attached hydrogens (primary N) is 1. The molecule has 2 aromatic carbocycles. The molecule has 1 aliphatic rings. The quantitative estimate of drug-likeness (QED) is 0.246. The third-order valence-electron chi connectivity index (χ3n) is 4.72. The van der Waals surface area contributed by atoms with Crippen LogP contribution in [0.3, 0.4) is 0 Å². The van der Waals surface area contributed by atoms with Crippen molar-refractivity contribution in [2.24, 2.45) is 5.10 Å². The van der Waals surface area contributed by atoms with Crippen LogP contribution in [0.4, 0.5) is 5.82 Å². The molecule has 3 heterocycles. The molecule has 0 bridgehead atoms. The zero-order chi connectivity index (χ0) is 22.8. The second kappa shape index (κ2) is 8.63. The topological polar surface area (TPSA) is 156 Å². The van der Waals surface area contributed by atoms with Gasteiger partial charge in [0.1, 0.15) is 5.69 Å². The van der Waals surface area contributed by atoms with E-state index in [1.165, 1.54) is 10.9 Å². The largest absolute Gasteiger partial charge is 0.454 e. The molecular formula is C20H16N8O4S. The highest BCUT2D eigenvalue weighted by Crippen LogP contribution is 2.37. The number of benzene rings is 2. The van der Waals surface area contributed by atoms with Crippen LogP contribution in [0, 0.1) is 0 Å². The molecular weight excluding hydrogens is 448 g/mol. The van der Waals surface area contributed by atoms with Gasteiger partial charge < -0.3 is 15.2 Å². The number of fused-ring (bicyclic) bond motifs is 1. The van der Waals surface area contributed by atoms with Crippen molar-refractivity contribution in [2.45, 2.75) is 4.90 Å². The fourth-order valence-electron chi connectivity index (χ4n) is 3.13. The first kappa shape index (κ1) is 20.5. The zero-order valence-electron chi connectivity index (χ0n) is 17.1. The van der Waals surface area contributed by atoms with E-state index in [-0.39, 0.29) is 24.1 Å². The second-order valence-electron chi connectivity index (χ2n) is 6.71. The Kier molecular flexibility index (Phi) is 5.36. The number of carbonyl (C=O) groups excluding carboxylic acids is 1. The van der Waals surface area contributed by atoms with Crippen molar-refractivity contribution in [1.29, 1.82) is 0 Å². The molecule has 5 rings (SSSR count). The van der Waals surface area contributed by atoms with Crippen molar-refractivity contribution >= 4 is 29.7 Å². The fourth-order valence-corrected chi connectivity index (χ4v) is 3.54. The van der Waals surface area contributed by atoms with Gasteiger partial charge in [0.15, 0.2) is 17.2 Å². The Morgan fingerprint density at radius 3 is 2.76 bits per heavy atom. The summed E-state index contributed by atoms with van der Waals surface area (Å²) in [6, 6.07) is 12.9. The fraction of sp³-hybridized carbons (Fsp3) is 0.100. The van der Waals surface area contributed by atoms with Gasteiger partial charge in [-0.1, -0.05) is 17.3 Å². The third kappa shape index (κ3) is 3.96. The van der Waals surface area contributed by atoms with Crippen molar-refractivity contribution in [3.63, 3.8) is 0 Å². The number of nitrogens with one attached hydrogen (secondary N) is 1. The number of nitrogen functional groups attached to an aromatic ring is 1. The number of ether oxygens (including phenoxy) is 2. The number of hydrogen-bond donors (Lipinski definition) is 2. The molecule has 0 saturated heterocycles. The first-order valence-corrected chi connectivity index (χ1v) is 10.8. The lowest BCUT2D eigenvalue weighted by atomic mass is 10.1. The molecule has 13 heteroatoms. The molecule has 3 N–H and O–H groups in total. The van der Waals surface area contributed by atoms with Gasteiger partial charge in [-0.25, -0.2) is 10.1 Å². The zero-order valence-corrected chi connectivity index (χ0v) is 17.9. The highest BCUT2D eigenvalue weighted by molar-refractivity contribution is 7.98. The van der Waals surface area contributed by atoms with E-state index in [0.29, 0.717) is 22.8 Å². The number of rotatable bonds is 6. The molecule has 0 aliphatic carbocycles. The van der Waals surface area contributed by atoms with E-state index in [9.17, 15) is 4.79 Å². The van der Waals surface area contributed by atoms with Gasteiger partial charge in [-0.3, -0.25) is 4.79 Å². The van der Waals surface area contributed by atoms with Crippen LogP contribution in [0.2, 0.25) is 0 Å². The standard InChI is InChI=1S/C20H16N8O4S/c1-33-13-5-2-11(3-6-13)9-22-24-20(29)16-17(12-4-7-14-15(8-12)31-10-30-14)28(27-23-16)19-18(21)25-32-26-19/h2-9H,10H2,1H3,(H2,21,25)(H,24,29)/b22-9+. The lowest BCUT2D eigenvalue weighted by molar-refractivity contribution is 0.0950. The average Bonchev–Trinajstić information content (AvgIpc) is 3.58. The molecule has 0 saturated carbocycles. The van der Waals surface area contributed by atoms with Crippen molar-refractivity contribution in [3.05, 3.63) is 53.7 Å². The first-order chi connectivity index (χ1) is 16.1. The predicted molar refractivity (Wildman–Crippen MR) is 118 cm³/mol. The number of amides is 1. The minimum atomic E-state index is -0.582. The van der Waals surface area contributed by atoms with E-state index in [1.807, 2.05) is 30.5 Å². The van der Waals surface area contributed by atoms with E-state index >= 15 is 0 Å². The van der Waals surface area contributed by atoms with Crippen molar-refractivity contribution in [1.82, 2.24) is 30.7 Å². The average molecular weight is 464 g/mol. The molecule has 33 heavy (non-hydrogen) atoms. The number of hydrogen-bond acceptors (Lipinski definition) is 11. The third-order valence-corrected chi connectivity index (χ3v) is 5.47. The van der Waals surface area contributed by atoms with Crippen LogP contribution in [0.1, 0.15) is 16.1 Å². The van der Waals surface area contributed by atoms with Crippen LogP contribution >= 0.6 is 11.8 Å². The van der Waals surface area contributed by atoms with Crippen LogP contribution in [0.15, 0.2) is 57.1 Å². The summed E-state index contributed by atoms with van der Waals surface area (Å²) >= 11 is 1.64. The second-order valence-corrected chi connectivity index (χ2v) is 7.59. The summed E-state index contributed by atoms with van der Waals surface area (Å²) in [5.74, 6) is 0.598. The summed E-state index contributed by atoms with van der Waals surface area (Å²) in [4.78, 5) is 14.1. The van der Waals surface area contributed by atoms with Gasteiger partial charge in [0.2, 0.25) is 18.4 Å². The molecule has 2 aromatic heterocycles. The molecule has 0 atom stereocenters. The minimum absolute atomic E-state index is 0.00820. The number of thioether (sulfide) groups is 1. The summed E-state index contributed by atoms with van der Waals surface area (Å²) in [5.41, 5.74) is 9.99.